The van der Waals surface area contributed by atoms with Gasteiger partial charge in [-0.2, -0.15) is 0 Å². The van der Waals surface area contributed by atoms with E-state index in [0.717, 1.165) is 29.2 Å². The van der Waals surface area contributed by atoms with Crippen molar-refractivity contribution in [3.63, 3.8) is 0 Å². The topological polar surface area (TPSA) is 35.2 Å². The third-order valence-electron chi connectivity index (χ3n) is 2.60. The first-order chi connectivity index (χ1) is 7.52. The maximum Gasteiger partial charge on any atom is 0.120 e. The van der Waals surface area contributed by atoms with Crippen LogP contribution in [-0.4, -0.2) is 13.2 Å². The Kier molecular flexibility index (Phi) is 5.10. The molecule has 90 valence electrons. The van der Waals surface area contributed by atoms with Crippen molar-refractivity contribution < 1.29 is 4.74 Å². The quantitative estimate of drug-likeness (QED) is 0.859. The Morgan fingerprint density at radius 1 is 1.38 bits per heavy atom. The highest BCUT2D eigenvalue weighted by molar-refractivity contribution is 6.31. The van der Waals surface area contributed by atoms with Crippen LogP contribution in [0.2, 0.25) is 5.02 Å². The van der Waals surface area contributed by atoms with Gasteiger partial charge in [-0.15, -0.1) is 0 Å². The number of nitrogens with two attached hydrogens (primary N) is 1. The van der Waals surface area contributed by atoms with Crippen LogP contribution in [0.4, 0.5) is 0 Å². The number of ether oxygens (including phenoxy) is 1. The Labute approximate surface area is 103 Å². The molecule has 0 fully saturated rings. The van der Waals surface area contributed by atoms with Gasteiger partial charge < -0.3 is 10.5 Å². The number of hydrogen-bond acceptors (Lipinski definition) is 2. The molecule has 0 spiro atoms. The fourth-order valence-electron chi connectivity index (χ4n) is 1.91. The summed E-state index contributed by atoms with van der Waals surface area (Å²) in [6.07, 6.45) is 1.98. The van der Waals surface area contributed by atoms with E-state index in [-0.39, 0.29) is 6.04 Å². The highest BCUT2D eigenvalue weighted by Gasteiger charge is 2.09. The summed E-state index contributed by atoms with van der Waals surface area (Å²) in [5, 5.41) is 0.774. The Morgan fingerprint density at radius 2 is 2.06 bits per heavy atom. The molecule has 0 saturated heterocycles. The largest absolute Gasteiger partial charge is 0.497 e. The predicted octanol–water partition coefficient (Wildman–Crippen LogP) is 3.26. The molecule has 3 heteroatoms. The second-order valence-electron chi connectivity index (χ2n) is 4.48. The summed E-state index contributed by atoms with van der Waals surface area (Å²) < 4.78 is 5.12. The van der Waals surface area contributed by atoms with Crippen LogP contribution in [0.25, 0.3) is 0 Å². The van der Waals surface area contributed by atoms with E-state index in [1.54, 1.807) is 7.11 Å². The summed E-state index contributed by atoms with van der Waals surface area (Å²) in [4.78, 5) is 0. The van der Waals surface area contributed by atoms with Crippen molar-refractivity contribution in [3.05, 3.63) is 28.8 Å². The molecule has 0 amide bonds. The molecule has 2 N–H and O–H groups in total. The molecule has 0 aliphatic heterocycles. The Hall–Kier alpha value is -0.730. The first-order valence-corrected chi connectivity index (χ1v) is 5.98. The predicted molar refractivity (Wildman–Crippen MR) is 69.1 cm³/mol. The number of hydrogen-bond donors (Lipinski definition) is 1. The minimum absolute atomic E-state index is 0.243. The Balaban J connectivity index is 2.66. The molecule has 2 atom stereocenters. The maximum absolute atomic E-state index is 6.18. The number of methoxy groups -OCH3 is 1. The fourth-order valence-corrected chi connectivity index (χ4v) is 2.16. The zero-order valence-corrected chi connectivity index (χ0v) is 10.9. The monoisotopic (exact) mass is 241 g/mol. The third-order valence-corrected chi connectivity index (χ3v) is 2.95. The van der Waals surface area contributed by atoms with E-state index in [1.165, 1.54) is 0 Å². The van der Waals surface area contributed by atoms with Gasteiger partial charge in [-0.05, 0) is 43.4 Å². The molecular formula is C13H20ClNO. The average Bonchev–Trinajstić information content (AvgIpc) is 2.19. The molecule has 0 aromatic heterocycles. The molecule has 0 heterocycles. The van der Waals surface area contributed by atoms with Crippen LogP contribution < -0.4 is 10.5 Å². The lowest BCUT2D eigenvalue weighted by Gasteiger charge is -2.15. The van der Waals surface area contributed by atoms with Gasteiger partial charge in [0.1, 0.15) is 5.75 Å². The van der Waals surface area contributed by atoms with E-state index < -0.39 is 0 Å². The summed E-state index contributed by atoms with van der Waals surface area (Å²) in [5.41, 5.74) is 6.94. The first-order valence-electron chi connectivity index (χ1n) is 5.61. The van der Waals surface area contributed by atoms with E-state index in [0.29, 0.717) is 5.92 Å². The van der Waals surface area contributed by atoms with Gasteiger partial charge in [-0.1, -0.05) is 24.6 Å². The van der Waals surface area contributed by atoms with Crippen LogP contribution in [0.5, 0.6) is 5.75 Å². The zero-order chi connectivity index (χ0) is 12.1. The summed E-state index contributed by atoms with van der Waals surface area (Å²) in [5.74, 6) is 1.35. The molecule has 0 saturated carbocycles. The molecular weight excluding hydrogens is 222 g/mol. The highest BCUT2D eigenvalue weighted by atomic mass is 35.5. The van der Waals surface area contributed by atoms with Gasteiger partial charge in [0.05, 0.1) is 7.11 Å². The minimum Gasteiger partial charge on any atom is -0.497 e. The van der Waals surface area contributed by atoms with Gasteiger partial charge >= 0.3 is 0 Å². The molecule has 0 radical (unpaired) electrons. The van der Waals surface area contributed by atoms with Gasteiger partial charge in [0, 0.05) is 11.1 Å². The molecule has 0 bridgehead atoms. The van der Waals surface area contributed by atoms with Crippen LogP contribution in [0.15, 0.2) is 18.2 Å². The molecule has 2 unspecified atom stereocenters. The van der Waals surface area contributed by atoms with Crippen molar-refractivity contribution in [2.24, 2.45) is 11.7 Å². The molecule has 16 heavy (non-hydrogen) atoms. The second-order valence-corrected chi connectivity index (χ2v) is 4.89. The lowest BCUT2D eigenvalue weighted by Crippen LogP contribution is -2.19. The lowest BCUT2D eigenvalue weighted by atomic mass is 9.95. The van der Waals surface area contributed by atoms with E-state index >= 15 is 0 Å². The first kappa shape index (κ1) is 13.3. The van der Waals surface area contributed by atoms with Crippen molar-refractivity contribution in [1.82, 2.24) is 0 Å². The summed E-state index contributed by atoms with van der Waals surface area (Å²) in [7, 11) is 1.64. The standard InChI is InChI=1S/C13H20ClNO/c1-9(6-10(2)15)7-11-4-5-12(16-3)8-13(11)14/h4-5,8-10H,6-7,15H2,1-3H3. The Morgan fingerprint density at radius 3 is 2.56 bits per heavy atom. The lowest BCUT2D eigenvalue weighted by molar-refractivity contribution is 0.414. The van der Waals surface area contributed by atoms with Gasteiger partial charge in [0.15, 0.2) is 0 Å². The van der Waals surface area contributed by atoms with Crippen molar-refractivity contribution in [2.75, 3.05) is 7.11 Å². The van der Waals surface area contributed by atoms with Crippen LogP contribution in [-0.2, 0) is 6.42 Å². The molecule has 1 rings (SSSR count). The van der Waals surface area contributed by atoms with E-state index in [2.05, 4.69) is 6.92 Å². The van der Waals surface area contributed by atoms with Crippen LogP contribution in [0, 0.1) is 5.92 Å². The Bertz CT molecular complexity index is 339. The average molecular weight is 242 g/mol. The van der Waals surface area contributed by atoms with Gasteiger partial charge in [-0.3, -0.25) is 0 Å². The summed E-state index contributed by atoms with van der Waals surface area (Å²) in [6, 6.07) is 6.07. The molecule has 1 aromatic rings. The molecule has 0 aliphatic rings. The fraction of sp³-hybridized carbons (Fsp3) is 0.538. The highest BCUT2D eigenvalue weighted by Crippen LogP contribution is 2.25. The van der Waals surface area contributed by atoms with Crippen molar-refractivity contribution in [1.29, 1.82) is 0 Å². The van der Waals surface area contributed by atoms with Crippen molar-refractivity contribution >= 4 is 11.6 Å². The molecule has 2 nitrogen and oxygen atoms in total. The van der Waals surface area contributed by atoms with E-state index in [9.17, 15) is 0 Å². The minimum atomic E-state index is 0.243. The summed E-state index contributed by atoms with van der Waals surface area (Å²) in [6.45, 7) is 4.23. The second kappa shape index (κ2) is 6.12. The third kappa shape index (κ3) is 4.03. The van der Waals surface area contributed by atoms with Gasteiger partial charge in [0.2, 0.25) is 0 Å². The molecule has 1 aromatic carbocycles. The molecule has 0 aliphatic carbocycles. The summed E-state index contributed by atoms with van der Waals surface area (Å²) >= 11 is 6.18. The van der Waals surface area contributed by atoms with Crippen molar-refractivity contribution in [2.45, 2.75) is 32.7 Å². The number of rotatable bonds is 5. The SMILES string of the molecule is COc1ccc(CC(C)CC(C)N)c(Cl)c1. The number of benzene rings is 1. The van der Waals surface area contributed by atoms with Crippen LogP contribution in [0.3, 0.4) is 0 Å². The van der Waals surface area contributed by atoms with Crippen molar-refractivity contribution in [3.8, 4) is 5.75 Å². The maximum atomic E-state index is 6.18. The normalized spacial score (nSPS) is 14.6. The van der Waals surface area contributed by atoms with Gasteiger partial charge in [0.25, 0.3) is 0 Å². The number of halogens is 1. The van der Waals surface area contributed by atoms with Crippen LogP contribution >= 0.6 is 11.6 Å². The van der Waals surface area contributed by atoms with Gasteiger partial charge in [-0.25, -0.2) is 0 Å². The van der Waals surface area contributed by atoms with Crippen LogP contribution in [0.1, 0.15) is 25.8 Å². The smallest absolute Gasteiger partial charge is 0.120 e. The van der Waals surface area contributed by atoms with E-state index in [1.807, 2.05) is 25.1 Å². The zero-order valence-electron chi connectivity index (χ0n) is 10.2. The van der Waals surface area contributed by atoms with E-state index in [4.69, 9.17) is 22.1 Å².